The summed E-state index contributed by atoms with van der Waals surface area (Å²) < 4.78 is 8.88. The SMILES string of the molecule is O=P(O)(O)O.[Ce].[c-]1ccccc1.[c-]1ccccc1. The van der Waals surface area contributed by atoms with Crippen LogP contribution in [0.15, 0.2) is 60.7 Å². The standard InChI is InChI=1S/2C6H5.Ce.H3O4P/c2*1-2-4-6-5-3-1;;1-5(2,3)4/h2*1-5H;;(H3,1,2,3,4)/q2*-1;;. The van der Waals surface area contributed by atoms with Gasteiger partial charge in [0.05, 0.1) is 0 Å². The molecule has 0 heterocycles. The Morgan fingerprint density at radius 2 is 0.889 bits per heavy atom. The van der Waals surface area contributed by atoms with Gasteiger partial charge in [-0.05, 0) is 0 Å². The average molecular weight is 392 g/mol. The van der Waals surface area contributed by atoms with Crippen LogP contribution in [-0.4, -0.2) is 14.7 Å². The van der Waals surface area contributed by atoms with Crippen LogP contribution in [0.3, 0.4) is 0 Å². The number of hydrogen-bond donors (Lipinski definition) is 3. The number of rotatable bonds is 0. The summed E-state index contributed by atoms with van der Waals surface area (Å²) in [6.45, 7) is 0. The van der Waals surface area contributed by atoms with Crippen LogP contribution in [0.25, 0.3) is 0 Å². The zero-order valence-corrected chi connectivity index (χ0v) is 13.5. The predicted octanol–water partition coefficient (Wildman–Crippen LogP) is 2.04. The zero-order valence-electron chi connectivity index (χ0n) is 9.47. The van der Waals surface area contributed by atoms with Crippen LogP contribution in [0.1, 0.15) is 0 Å². The van der Waals surface area contributed by atoms with Crippen LogP contribution in [0, 0.1) is 53.9 Å². The zero-order chi connectivity index (χ0) is 13.0. The smallest absolute Gasteiger partial charge is 0.303 e. The molecule has 0 amide bonds. The summed E-state index contributed by atoms with van der Waals surface area (Å²) in [6, 6.07) is 25.0. The van der Waals surface area contributed by atoms with Gasteiger partial charge >= 0.3 is 7.82 Å². The fourth-order valence-corrected chi connectivity index (χ4v) is 0.684. The Balaban J connectivity index is 0. The van der Waals surface area contributed by atoms with E-state index in [9.17, 15) is 0 Å². The van der Waals surface area contributed by atoms with E-state index in [0.29, 0.717) is 0 Å². The van der Waals surface area contributed by atoms with E-state index in [1.165, 1.54) is 0 Å². The maximum atomic E-state index is 8.88. The van der Waals surface area contributed by atoms with Crippen molar-refractivity contribution in [2.75, 3.05) is 0 Å². The molecule has 0 aliphatic rings. The summed E-state index contributed by atoms with van der Waals surface area (Å²) in [5, 5.41) is 0. The molecule has 0 aromatic heterocycles. The van der Waals surface area contributed by atoms with E-state index in [-0.39, 0.29) is 41.7 Å². The molecule has 0 fully saturated rings. The molecule has 0 spiro atoms. The van der Waals surface area contributed by atoms with Gasteiger partial charge in [0.15, 0.2) is 0 Å². The van der Waals surface area contributed by atoms with Crippen molar-refractivity contribution in [3.63, 3.8) is 0 Å². The molecule has 0 aliphatic carbocycles. The minimum Gasteiger partial charge on any atom is -0.303 e. The van der Waals surface area contributed by atoms with Gasteiger partial charge in [0.2, 0.25) is 0 Å². The molecule has 0 aliphatic heterocycles. The number of benzene rings is 2. The average Bonchev–Trinajstić information content (AvgIpc) is 2.32. The van der Waals surface area contributed by atoms with Crippen LogP contribution in [-0.2, 0) is 4.57 Å². The van der Waals surface area contributed by atoms with Crippen LogP contribution >= 0.6 is 7.82 Å². The van der Waals surface area contributed by atoms with Crippen molar-refractivity contribution in [1.29, 1.82) is 0 Å². The third-order valence-corrected chi connectivity index (χ3v) is 1.21. The molecule has 6 heteroatoms. The summed E-state index contributed by atoms with van der Waals surface area (Å²) in [5.41, 5.74) is 0. The van der Waals surface area contributed by atoms with Gasteiger partial charge < -0.3 is 14.7 Å². The topological polar surface area (TPSA) is 77.8 Å². The Morgan fingerprint density at radius 3 is 0.944 bits per heavy atom. The summed E-state index contributed by atoms with van der Waals surface area (Å²) in [7, 11) is -4.64. The minimum atomic E-state index is -4.64. The van der Waals surface area contributed by atoms with Gasteiger partial charge in [-0.25, -0.2) is 4.57 Å². The van der Waals surface area contributed by atoms with Gasteiger partial charge in [-0.1, -0.05) is 0 Å². The molecule has 2 rings (SSSR count). The van der Waals surface area contributed by atoms with E-state index in [2.05, 4.69) is 12.1 Å². The molecular formula is C12H13CeO4P-2. The first-order chi connectivity index (χ1) is 8.00. The molecule has 0 radical (unpaired) electrons. The second-order valence-corrected chi connectivity index (χ2v) is 3.69. The van der Waals surface area contributed by atoms with E-state index in [1.807, 2.05) is 60.7 Å². The van der Waals surface area contributed by atoms with Crippen molar-refractivity contribution in [3.8, 4) is 0 Å². The summed E-state index contributed by atoms with van der Waals surface area (Å²) in [6.07, 6.45) is 0. The number of hydrogen-bond acceptors (Lipinski definition) is 1. The first-order valence-electron chi connectivity index (χ1n) is 4.60. The van der Waals surface area contributed by atoms with E-state index in [4.69, 9.17) is 19.2 Å². The summed E-state index contributed by atoms with van der Waals surface area (Å²) in [5.74, 6) is 0. The molecule has 0 atom stereocenters. The normalized spacial score (nSPS) is 8.61. The second-order valence-electron chi connectivity index (χ2n) is 2.67. The molecule has 2 aromatic carbocycles. The third-order valence-electron chi connectivity index (χ3n) is 1.21. The first kappa shape index (κ1) is 20.2. The minimum absolute atomic E-state index is 0. The maximum absolute atomic E-state index is 8.88. The van der Waals surface area contributed by atoms with E-state index < -0.39 is 7.82 Å². The van der Waals surface area contributed by atoms with E-state index >= 15 is 0 Å². The monoisotopic (exact) mass is 392 g/mol. The maximum Gasteiger partial charge on any atom is 0.466 e. The van der Waals surface area contributed by atoms with Crippen LogP contribution < -0.4 is 0 Å². The Bertz CT molecular complexity index is 312. The second kappa shape index (κ2) is 13.4. The van der Waals surface area contributed by atoms with Crippen molar-refractivity contribution in [1.82, 2.24) is 0 Å². The molecule has 4 nitrogen and oxygen atoms in total. The summed E-state index contributed by atoms with van der Waals surface area (Å²) >= 11 is 0. The van der Waals surface area contributed by atoms with Gasteiger partial charge in [0.25, 0.3) is 0 Å². The Kier molecular flexibility index (Phi) is 15.0. The van der Waals surface area contributed by atoms with Crippen molar-refractivity contribution in [2.24, 2.45) is 0 Å². The first-order valence-corrected chi connectivity index (χ1v) is 6.17. The van der Waals surface area contributed by atoms with Crippen LogP contribution in [0.5, 0.6) is 0 Å². The van der Waals surface area contributed by atoms with Crippen LogP contribution in [0.4, 0.5) is 0 Å². The Morgan fingerprint density at radius 1 is 0.667 bits per heavy atom. The molecule has 96 valence electrons. The van der Waals surface area contributed by atoms with E-state index in [0.717, 1.165) is 0 Å². The quantitative estimate of drug-likeness (QED) is 0.474. The molecule has 2 aromatic rings. The van der Waals surface area contributed by atoms with E-state index in [1.54, 1.807) is 0 Å². The largest absolute Gasteiger partial charge is 0.466 e. The fourth-order valence-electron chi connectivity index (χ4n) is 0.684. The molecule has 0 saturated heterocycles. The van der Waals surface area contributed by atoms with Crippen molar-refractivity contribution in [3.05, 3.63) is 72.8 Å². The molecule has 0 unspecified atom stereocenters. The van der Waals surface area contributed by atoms with Gasteiger partial charge in [-0.3, -0.25) is 0 Å². The van der Waals surface area contributed by atoms with Gasteiger partial charge in [0, 0.05) is 41.7 Å². The van der Waals surface area contributed by atoms with Crippen molar-refractivity contribution in [2.45, 2.75) is 0 Å². The fraction of sp³-hybridized carbons (Fsp3) is 0. The Labute approximate surface area is 140 Å². The molecule has 18 heavy (non-hydrogen) atoms. The molecular weight excluding hydrogens is 379 g/mol. The summed E-state index contributed by atoms with van der Waals surface area (Å²) in [4.78, 5) is 21.6. The Hall–Kier alpha value is -0.0734. The van der Waals surface area contributed by atoms with Gasteiger partial charge in [-0.2, -0.15) is 72.8 Å². The number of phosphoric acid groups is 1. The van der Waals surface area contributed by atoms with Crippen LogP contribution in [0.2, 0.25) is 0 Å². The molecule has 0 bridgehead atoms. The predicted molar refractivity (Wildman–Crippen MR) is 64.8 cm³/mol. The van der Waals surface area contributed by atoms with Gasteiger partial charge in [0.1, 0.15) is 0 Å². The van der Waals surface area contributed by atoms with Crippen molar-refractivity contribution >= 4 is 7.82 Å². The van der Waals surface area contributed by atoms with Crippen molar-refractivity contribution < 1.29 is 61.0 Å². The molecule has 3 N–H and O–H groups in total. The van der Waals surface area contributed by atoms with Gasteiger partial charge in [-0.15, -0.1) is 0 Å². The molecule has 0 saturated carbocycles. The third kappa shape index (κ3) is 24.9.